The summed E-state index contributed by atoms with van der Waals surface area (Å²) in [7, 11) is 0. The van der Waals surface area contributed by atoms with Crippen LogP contribution in [-0.4, -0.2) is 26.9 Å². The fourth-order valence-corrected chi connectivity index (χ4v) is 1.15. The zero-order valence-corrected chi connectivity index (χ0v) is 7.67. The van der Waals surface area contributed by atoms with Gasteiger partial charge in [-0.05, 0) is 13.0 Å². The molecule has 5 heteroatoms. The number of hydrogen-bond donors (Lipinski definition) is 0. The van der Waals surface area contributed by atoms with Crippen molar-refractivity contribution in [2.75, 3.05) is 6.61 Å². The molecule has 5 nitrogen and oxygen atoms in total. The highest BCUT2D eigenvalue weighted by Crippen LogP contribution is 2.04. The molecule has 14 heavy (non-hydrogen) atoms. The van der Waals surface area contributed by atoms with Crippen LogP contribution in [-0.2, 0) is 4.74 Å². The number of aromatic nitrogens is 3. The minimum atomic E-state index is -0.406. The fraction of sp³-hybridized carbons (Fsp3) is 0.222. The average Bonchev–Trinajstić information content (AvgIpc) is 2.61. The van der Waals surface area contributed by atoms with Crippen molar-refractivity contribution in [1.29, 1.82) is 0 Å². The van der Waals surface area contributed by atoms with Crippen LogP contribution < -0.4 is 0 Å². The van der Waals surface area contributed by atoms with Crippen LogP contribution in [0.25, 0.3) is 5.65 Å². The van der Waals surface area contributed by atoms with E-state index in [1.807, 2.05) is 0 Å². The molecule has 0 radical (unpaired) electrons. The summed E-state index contributed by atoms with van der Waals surface area (Å²) in [5.41, 5.74) is 0.989. The molecular formula is C9H9N3O2. The van der Waals surface area contributed by atoms with Gasteiger partial charge in [-0.2, -0.15) is 0 Å². The van der Waals surface area contributed by atoms with Gasteiger partial charge in [0, 0.05) is 12.4 Å². The molecule has 0 fully saturated rings. The molecule has 0 spiro atoms. The van der Waals surface area contributed by atoms with E-state index in [1.54, 1.807) is 36.1 Å². The zero-order chi connectivity index (χ0) is 9.97. The standard InChI is InChI=1S/C9H9N3O2/c1-2-14-9(13)7-5-12-6-10-4-3-8(12)11-7/h3-6H,2H2,1H3. The molecule has 0 atom stereocenters. The van der Waals surface area contributed by atoms with E-state index in [-0.39, 0.29) is 0 Å². The predicted molar refractivity (Wildman–Crippen MR) is 48.9 cm³/mol. The minimum absolute atomic E-state index is 0.305. The lowest BCUT2D eigenvalue weighted by atomic mass is 10.5. The molecule has 2 rings (SSSR count). The van der Waals surface area contributed by atoms with Crippen LogP contribution in [0.4, 0.5) is 0 Å². The van der Waals surface area contributed by atoms with E-state index < -0.39 is 5.97 Å². The van der Waals surface area contributed by atoms with E-state index in [0.717, 1.165) is 0 Å². The smallest absolute Gasteiger partial charge is 0.358 e. The summed E-state index contributed by atoms with van der Waals surface area (Å²) in [6.45, 7) is 2.11. The lowest BCUT2D eigenvalue weighted by Gasteiger charge is -1.94. The van der Waals surface area contributed by atoms with E-state index in [4.69, 9.17) is 4.74 Å². The van der Waals surface area contributed by atoms with Crippen molar-refractivity contribution in [1.82, 2.24) is 14.4 Å². The molecular weight excluding hydrogens is 182 g/mol. The second-order valence-electron chi connectivity index (χ2n) is 2.69. The van der Waals surface area contributed by atoms with E-state index in [1.165, 1.54) is 0 Å². The molecule has 0 amide bonds. The summed E-state index contributed by atoms with van der Waals surface area (Å²) in [6, 6.07) is 1.72. The third-order valence-corrected chi connectivity index (χ3v) is 1.75. The number of hydrogen-bond acceptors (Lipinski definition) is 4. The van der Waals surface area contributed by atoms with Crippen molar-refractivity contribution in [3.63, 3.8) is 0 Å². The third kappa shape index (κ3) is 1.44. The second kappa shape index (κ2) is 3.45. The van der Waals surface area contributed by atoms with Gasteiger partial charge < -0.3 is 4.74 Å². The molecule has 0 saturated carbocycles. The number of nitrogens with zero attached hydrogens (tertiary/aromatic N) is 3. The summed E-state index contributed by atoms with van der Waals surface area (Å²) in [5, 5.41) is 0. The molecule has 0 aromatic carbocycles. The molecule has 0 aliphatic carbocycles. The van der Waals surface area contributed by atoms with Crippen LogP contribution >= 0.6 is 0 Å². The predicted octanol–water partition coefficient (Wildman–Crippen LogP) is 0.906. The highest BCUT2D eigenvalue weighted by Gasteiger charge is 2.10. The maximum Gasteiger partial charge on any atom is 0.358 e. The molecule has 2 aromatic heterocycles. The molecule has 0 aliphatic rings. The Balaban J connectivity index is 2.40. The number of esters is 1. The number of ether oxygens (including phenoxy) is 1. The number of rotatable bonds is 2. The van der Waals surface area contributed by atoms with Gasteiger partial charge in [-0.15, -0.1) is 0 Å². The highest BCUT2D eigenvalue weighted by atomic mass is 16.5. The van der Waals surface area contributed by atoms with Gasteiger partial charge in [-0.3, -0.25) is 4.40 Å². The van der Waals surface area contributed by atoms with Gasteiger partial charge in [-0.1, -0.05) is 0 Å². The Morgan fingerprint density at radius 3 is 3.21 bits per heavy atom. The third-order valence-electron chi connectivity index (χ3n) is 1.75. The Morgan fingerprint density at radius 1 is 1.64 bits per heavy atom. The van der Waals surface area contributed by atoms with Gasteiger partial charge in [-0.25, -0.2) is 14.8 Å². The summed E-state index contributed by atoms with van der Waals surface area (Å²) < 4.78 is 6.50. The molecule has 0 N–H and O–H groups in total. The largest absolute Gasteiger partial charge is 0.461 e. The molecule has 0 unspecified atom stereocenters. The van der Waals surface area contributed by atoms with Gasteiger partial charge in [0.2, 0.25) is 0 Å². The van der Waals surface area contributed by atoms with E-state index in [9.17, 15) is 4.79 Å². The van der Waals surface area contributed by atoms with Gasteiger partial charge in [0.05, 0.1) is 6.61 Å². The second-order valence-corrected chi connectivity index (χ2v) is 2.69. The van der Waals surface area contributed by atoms with Crippen LogP contribution in [0, 0.1) is 0 Å². The van der Waals surface area contributed by atoms with Crippen molar-refractivity contribution in [2.24, 2.45) is 0 Å². The fourth-order valence-electron chi connectivity index (χ4n) is 1.15. The first-order valence-electron chi connectivity index (χ1n) is 4.27. The van der Waals surface area contributed by atoms with Crippen molar-refractivity contribution in [3.8, 4) is 0 Å². The van der Waals surface area contributed by atoms with Gasteiger partial charge >= 0.3 is 5.97 Å². The Morgan fingerprint density at radius 2 is 2.50 bits per heavy atom. The number of imidazole rings is 1. The summed E-state index contributed by atoms with van der Waals surface area (Å²) in [4.78, 5) is 19.3. The van der Waals surface area contributed by atoms with Crippen molar-refractivity contribution < 1.29 is 9.53 Å². The first kappa shape index (κ1) is 8.68. The van der Waals surface area contributed by atoms with Crippen LogP contribution in [0.2, 0.25) is 0 Å². The number of carbonyl (C=O) groups is 1. The first-order valence-corrected chi connectivity index (χ1v) is 4.27. The van der Waals surface area contributed by atoms with Crippen LogP contribution in [0.5, 0.6) is 0 Å². The first-order chi connectivity index (χ1) is 6.81. The molecule has 72 valence electrons. The zero-order valence-electron chi connectivity index (χ0n) is 7.67. The maximum absolute atomic E-state index is 11.3. The van der Waals surface area contributed by atoms with Crippen LogP contribution in [0.1, 0.15) is 17.4 Å². The molecule has 0 bridgehead atoms. The average molecular weight is 191 g/mol. The number of fused-ring (bicyclic) bond motifs is 1. The highest BCUT2D eigenvalue weighted by molar-refractivity contribution is 5.87. The quantitative estimate of drug-likeness (QED) is 0.662. The van der Waals surface area contributed by atoms with Crippen molar-refractivity contribution in [3.05, 3.63) is 30.5 Å². The lowest BCUT2D eigenvalue weighted by molar-refractivity contribution is 0.0520. The van der Waals surface area contributed by atoms with Crippen molar-refractivity contribution in [2.45, 2.75) is 6.92 Å². The van der Waals surface area contributed by atoms with Gasteiger partial charge in [0.1, 0.15) is 12.0 Å². The molecule has 2 aromatic rings. The lowest BCUT2D eigenvalue weighted by Crippen LogP contribution is -2.04. The number of carbonyl (C=O) groups excluding carboxylic acids is 1. The monoisotopic (exact) mass is 191 g/mol. The topological polar surface area (TPSA) is 56.5 Å². The SMILES string of the molecule is CCOC(=O)c1cn2cnccc2n1. The maximum atomic E-state index is 11.3. The summed E-state index contributed by atoms with van der Waals surface area (Å²) >= 11 is 0. The van der Waals surface area contributed by atoms with Crippen molar-refractivity contribution >= 4 is 11.6 Å². The molecule has 0 aliphatic heterocycles. The Hall–Kier alpha value is -1.91. The minimum Gasteiger partial charge on any atom is -0.461 e. The van der Waals surface area contributed by atoms with Crippen LogP contribution in [0.3, 0.4) is 0 Å². The van der Waals surface area contributed by atoms with E-state index in [2.05, 4.69) is 9.97 Å². The Kier molecular flexibility index (Phi) is 2.14. The summed E-state index contributed by atoms with van der Waals surface area (Å²) in [5.74, 6) is -0.406. The normalized spacial score (nSPS) is 10.4. The van der Waals surface area contributed by atoms with Gasteiger partial charge in [0.25, 0.3) is 0 Å². The van der Waals surface area contributed by atoms with E-state index in [0.29, 0.717) is 17.9 Å². The Labute approximate surface area is 80.4 Å². The van der Waals surface area contributed by atoms with Crippen LogP contribution in [0.15, 0.2) is 24.8 Å². The Bertz CT molecular complexity index is 431. The molecule has 2 heterocycles. The molecule has 0 saturated heterocycles. The summed E-state index contributed by atoms with van der Waals surface area (Å²) in [6.07, 6.45) is 4.81. The van der Waals surface area contributed by atoms with E-state index >= 15 is 0 Å². The van der Waals surface area contributed by atoms with Gasteiger partial charge in [0.15, 0.2) is 5.69 Å².